The van der Waals surface area contributed by atoms with E-state index in [0.717, 1.165) is 5.56 Å². The quantitative estimate of drug-likeness (QED) is 0.770. The molecule has 1 aromatic rings. The van der Waals surface area contributed by atoms with Gasteiger partial charge < -0.3 is 5.73 Å². The Morgan fingerprint density at radius 2 is 2.07 bits per heavy atom. The Kier molecular flexibility index (Phi) is 2.62. The minimum atomic E-state index is -2.80. The van der Waals surface area contributed by atoms with Crippen LogP contribution in [-0.2, 0) is 9.73 Å². The van der Waals surface area contributed by atoms with E-state index >= 15 is 0 Å². The van der Waals surface area contributed by atoms with Crippen LogP contribution in [0.25, 0.3) is 0 Å². The van der Waals surface area contributed by atoms with Gasteiger partial charge in [-0.05, 0) is 24.6 Å². The molecule has 1 amide bonds. The summed E-state index contributed by atoms with van der Waals surface area (Å²) in [6, 6.07) is 4.63. The Balaban J connectivity index is 3.44. The molecule has 4 nitrogen and oxygen atoms in total. The number of carbonyl (C=O) groups excluding carboxylic acids is 1. The topological polar surface area (TPSA) is 84.0 Å². The van der Waals surface area contributed by atoms with E-state index < -0.39 is 15.6 Å². The lowest BCUT2D eigenvalue weighted by Crippen LogP contribution is -2.12. The van der Waals surface area contributed by atoms with Crippen molar-refractivity contribution in [1.29, 1.82) is 4.78 Å². The summed E-state index contributed by atoms with van der Waals surface area (Å²) in [5.74, 6) is -0.574. The minimum absolute atomic E-state index is 0.285. The van der Waals surface area contributed by atoms with Gasteiger partial charge in [-0.3, -0.25) is 4.79 Å². The Morgan fingerprint density at radius 3 is 2.50 bits per heavy atom. The van der Waals surface area contributed by atoms with Gasteiger partial charge in [-0.1, -0.05) is 6.07 Å². The molecule has 0 fully saturated rings. The number of nitrogens with one attached hydrogen (secondary N) is 1. The number of amides is 1. The summed E-state index contributed by atoms with van der Waals surface area (Å²) in [6.07, 6.45) is 1.32. The normalized spacial score (nSPS) is 14.7. The molecular weight excluding hydrogens is 200 g/mol. The second-order valence-corrected chi connectivity index (χ2v) is 5.32. The van der Waals surface area contributed by atoms with E-state index in [-0.39, 0.29) is 5.56 Å². The van der Waals surface area contributed by atoms with E-state index in [1.165, 1.54) is 12.3 Å². The second-order valence-electron chi connectivity index (χ2n) is 3.19. The van der Waals surface area contributed by atoms with E-state index in [1.54, 1.807) is 19.1 Å². The molecule has 1 aromatic carbocycles. The molecule has 0 aliphatic rings. The lowest BCUT2D eigenvalue weighted by Gasteiger charge is -2.06. The van der Waals surface area contributed by atoms with Crippen molar-refractivity contribution in [2.75, 3.05) is 6.26 Å². The van der Waals surface area contributed by atoms with Crippen molar-refractivity contribution in [3.63, 3.8) is 0 Å². The van der Waals surface area contributed by atoms with Crippen LogP contribution in [0.5, 0.6) is 0 Å². The zero-order valence-electron chi connectivity index (χ0n) is 8.03. The molecule has 0 saturated carbocycles. The van der Waals surface area contributed by atoms with Crippen LogP contribution in [0.3, 0.4) is 0 Å². The average Bonchev–Trinajstić information content (AvgIpc) is 2.02. The third-order valence-corrected chi connectivity index (χ3v) is 3.17. The van der Waals surface area contributed by atoms with Crippen LogP contribution in [0, 0.1) is 11.7 Å². The van der Waals surface area contributed by atoms with E-state index in [2.05, 4.69) is 0 Å². The van der Waals surface area contributed by atoms with Crippen molar-refractivity contribution in [1.82, 2.24) is 0 Å². The minimum Gasteiger partial charge on any atom is -0.366 e. The first-order valence-electron chi connectivity index (χ1n) is 3.96. The van der Waals surface area contributed by atoms with Crippen molar-refractivity contribution in [2.45, 2.75) is 11.8 Å². The fraction of sp³-hybridized carbons (Fsp3) is 0.222. The monoisotopic (exact) mass is 212 g/mol. The molecule has 76 valence electrons. The van der Waals surface area contributed by atoms with Crippen LogP contribution in [0.15, 0.2) is 23.1 Å². The molecule has 0 spiro atoms. The highest BCUT2D eigenvalue weighted by Gasteiger charge is 2.10. The van der Waals surface area contributed by atoms with Gasteiger partial charge in [-0.15, -0.1) is 0 Å². The third-order valence-electron chi connectivity index (χ3n) is 1.89. The summed E-state index contributed by atoms with van der Waals surface area (Å²) < 4.78 is 18.9. The standard InChI is InChI=1S/C9H12N2O2S/c1-6-3-4-7(9(10)12)5-8(6)14(2,11)13/h3-5,11H,1-2H3,(H2,10,12). The molecule has 3 N–H and O–H groups in total. The smallest absolute Gasteiger partial charge is 0.248 e. The van der Waals surface area contributed by atoms with Crippen LogP contribution >= 0.6 is 0 Å². The SMILES string of the molecule is Cc1ccc(C(N)=O)cc1S(C)(=N)=O. The highest BCUT2D eigenvalue weighted by Crippen LogP contribution is 2.16. The van der Waals surface area contributed by atoms with E-state index in [9.17, 15) is 9.00 Å². The van der Waals surface area contributed by atoms with Gasteiger partial charge in [-0.2, -0.15) is 0 Å². The Hall–Kier alpha value is -1.36. The lowest BCUT2D eigenvalue weighted by atomic mass is 10.1. The molecule has 5 heteroatoms. The number of nitrogens with two attached hydrogens (primary N) is 1. The molecule has 14 heavy (non-hydrogen) atoms. The summed E-state index contributed by atoms with van der Waals surface area (Å²) in [6.45, 7) is 1.75. The van der Waals surface area contributed by atoms with Crippen molar-refractivity contribution in [3.8, 4) is 0 Å². The first-order valence-corrected chi connectivity index (χ1v) is 5.93. The number of hydrogen-bond acceptors (Lipinski definition) is 3. The Bertz CT molecular complexity index is 478. The number of benzene rings is 1. The lowest BCUT2D eigenvalue weighted by molar-refractivity contribution is 0.1000. The maximum absolute atomic E-state index is 11.5. The Morgan fingerprint density at radius 1 is 1.50 bits per heavy atom. The van der Waals surface area contributed by atoms with Gasteiger partial charge in [0.25, 0.3) is 0 Å². The van der Waals surface area contributed by atoms with Gasteiger partial charge in [0.1, 0.15) is 0 Å². The summed E-state index contributed by atoms with van der Waals surface area (Å²) in [7, 11) is -2.80. The largest absolute Gasteiger partial charge is 0.366 e. The summed E-state index contributed by atoms with van der Waals surface area (Å²) in [5, 5.41) is 0. The van der Waals surface area contributed by atoms with Crippen LogP contribution in [0.2, 0.25) is 0 Å². The fourth-order valence-electron chi connectivity index (χ4n) is 1.17. The van der Waals surface area contributed by atoms with E-state index in [0.29, 0.717) is 4.90 Å². The van der Waals surface area contributed by atoms with Gasteiger partial charge in [0, 0.05) is 11.8 Å². The zero-order valence-corrected chi connectivity index (χ0v) is 8.85. The van der Waals surface area contributed by atoms with Gasteiger partial charge in [0.05, 0.1) is 14.6 Å². The van der Waals surface area contributed by atoms with Crippen molar-refractivity contribution in [2.24, 2.45) is 5.73 Å². The van der Waals surface area contributed by atoms with Crippen LogP contribution in [-0.4, -0.2) is 16.4 Å². The molecular formula is C9H12N2O2S. The summed E-state index contributed by atoms with van der Waals surface area (Å²) in [5.41, 5.74) is 6.10. The second kappa shape index (κ2) is 3.42. The van der Waals surface area contributed by atoms with Crippen molar-refractivity contribution in [3.05, 3.63) is 29.3 Å². The van der Waals surface area contributed by atoms with Crippen molar-refractivity contribution < 1.29 is 9.00 Å². The number of carbonyl (C=O) groups is 1. The van der Waals surface area contributed by atoms with Crippen molar-refractivity contribution >= 4 is 15.6 Å². The number of aryl methyl sites for hydroxylation is 1. The van der Waals surface area contributed by atoms with Gasteiger partial charge in [0.2, 0.25) is 5.91 Å². The summed E-state index contributed by atoms with van der Waals surface area (Å²) in [4.78, 5) is 11.2. The highest BCUT2D eigenvalue weighted by molar-refractivity contribution is 7.91. The zero-order chi connectivity index (χ0) is 10.9. The number of hydrogen-bond donors (Lipinski definition) is 2. The predicted molar refractivity (Wildman–Crippen MR) is 54.7 cm³/mol. The molecule has 0 saturated heterocycles. The van der Waals surface area contributed by atoms with Gasteiger partial charge >= 0.3 is 0 Å². The maximum atomic E-state index is 11.5. The summed E-state index contributed by atoms with van der Waals surface area (Å²) >= 11 is 0. The average molecular weight is 212 g/mol. The maximum Gasteiger partial charge on any atom is 0.248 e. The molecule has 1 rings (SSSR count). The van der Waals surface area contributed by atoms with Crippen LogP contribution in [0.4, 0.5) is 0 Å². The van der Waals surface area contributed by atoms with E-state index in [1.807, 2.05) is 0 Å². The Labute approximate surface area is 83.1 Å². The molecule has 0 bridgehead atoms. The predicted octanol–water partition coefficient (Wildman–Crippen LogP) is 1.13. The molecule has 0 aliphatic carbocycles. The molecule has 0 heterocycles. The number of primary amides is 1. The molecule has 1 atom stereocenters. The first kappa shape index (κ1) is 10.7. The van der Waals surface area contributed by atoms with Gasteiger partial charge in [-0.25, -0.2) is 8.99 Å². The van der Waals surface area contributed by atoms with Crippen LogP contribution in [0.1, 0.15) is 15.9 Å². The number of rotatable bonds is 2. The molecule has 1 unspecified atom stereocenters. The first-order chi connectivity index (χ1) is 6.32. The molecule has 0 aromatic heterocycles. The highest BCUT2D eigenvalue weighted by atomic mass is 32.2. The molecule has 0 radical (unpaired) electrons. The van der Waals surface area contributed by atoms with Crippen LogP contribution < -0.4 is 5.73 Å². The van der Waals surface area contributed by atoms with E-state index in [4.69, 9.17) is 10.5 Å². The molecule has 0 aliphatic heterocycles. The van der Waals surface area contributed by atoms with Gasteiger partial charge in [0.15, 0.2) is 0 Å². The fourth-order valence-corrected chi connectivity index (χ4v) is 2.21. The third kappa shape index (κ3) is 2.11.